The molecule has 0 amide bonds. The van der Waals surface area contributed by atoms with Crippen LogP contribution in [0.5, 0.6) is 0 Å². The number of fused-ring (bicyclic) bond motifs is 1. The quantitative estimate of drug-likeness (QED) is 0.824. The maximum Gasteiger partial charge on any atom is 0.147 e. The van der Waals surface area contributed by atoms with E-state index in [0.717, 1.165) is 29.4 Å². The number of nitrogen functional groups attached to an aromatic ring is 1. The summed E-state index contributed by atoms with van der Waals surface area (Å²) in [6.07, 6.45) is 5.61. The molecule has 0 aromatic carbocycles. The molecule has 2 unspecified atom stereocenters. The van der Waals surface area contributed by atoms with Crippen molar-refractivity contribution in [2.45, 2.75) is 32.1 Å². The predicted molar refractivity (Wildman–Crippen MR) is 68.9 cm³/mol. The Morgan fingerprint density at radius 3 is 3.00 bits per heavy atom. The molecule has 1 aliphatic rings. The Labute approximate surface area is 105 Å². The first kappa shape index (κ1) is 11.4. The third kappa shape index (κ3) is 1.65. The van der Waals surface area contributed by atoms with Crippen LogP contribution in [-0.4, -0.2) is 27.2 Å². The topological polar surface area (TPSA) is 92.0 Å². The van der Waals surface area contributed by atoms with Crippen molar-refractivity contribution in [3.63, 3.8) is 0 Å². The van der Waals surface area contributed by atoms with E-state index in [1.54, 1.807) is 0 Å². The van der Waals surface area contributed by atoms with Gasteiger partial charge in [-0.25, -0.2) is 9.97 Å². The molecule has 6 heteroatoms. The lowest BCUT2D eigenvalue weighted by molar-refractivity contribution is 0.00894. The van der Waals surface area contributed by atoms with Gasteiger partial charge in [-0.05, 0) is 25.3 Å². The smallest absolute Gasteiger partial charge is 0.147 e. The molecule has 0 aliphatic carbocycles. The highest BCUT2D eigenvalue weighted by Gasteiger charge is 2.27. The number of nitrogens with zero attached hydrogens (tertiary/aromatic N) is 3. The van der Waals surface area contributed by atoms with Gasteiger partial charge in [0.05, 0.1) is 11.5 Å². The first-order chi connectivity index (χ1) is 8.70. The van der Waals surface area contributed by atoms with E-state index in [4.69, 9.17) is 16.2 Å². The number of anilines is 1. The van der Waals surface area contributed by atoms with Gasteiger partial charge in [-0.3, -0.25) is 0 Å². The fourth-order valence-corrected chi connectivity index (χ4v) is 2.58. The third-order valence-electron chi connectivity index (χ3n) is 3.49. The van der Waals surface area contributed by atoms with E-state index in [-0.39, 0.29) is 12.3 Å². The van der Waals surface area contributed by atoms with Crippen molar-refractivity contribution in [2.75, 3.05) is 12.3 Å². The van der Waals surface area contributed by atoms with Gasteiger partial charge in [0.2, 0.25) is 0 Å². The van der Waals surface area contributed by atoms with E-state index in [2.05, 4.69) is 9.97 Å². The van der Waals surface area contributed by atoms with Crippen LogP contribution in [0.25, 0.3) is 11.0 Å². The molecular weight excluding hydrogens is 230 g/mol. The molecule has 4 N–H and O–H groups in total. The van der Waals surface area contributed by atoms with Gasteiger partial charge in [-0.15, -0.1) is 0 Å². The molecule has 3 rings (SSSR count). The molecule has 2 atom stereocenters. The zero-order valence-electron chi connectivity index (χ0n) is 10.3. The number of hydrogen-bond donors (Lipinski definition) is 2. The summed E-state index contributed by atoms with van der Waals surface area (Å²) < 4.78 is 7.93. The minimum atomic E-state index is 0.00375. The van der Waals surface area contributed by atoms with Gasteiger partial charge in [-0.1, -0.05) is 0 Å². The molecule has 0 spiro atoms. The summed E-state index contributed by atoms with van der Waals surface area (Å²) in [5.41, 5.74) is 13.4. The molecule has 0 bridgehead atoms. The number of nitrogens with two attached hydrogens (primary N) is 2. The van der Waals surface area contributed by atoms with Crippen LogP contribution in [0.2, 0.25) is 0 Å². The fraction of sp³-hybridized carbons (Fsp3) is 0.500. The average molecular weight is 247 g/mol. The zero-order valence-corrected chi connectivity index (χ0v) is 10.3. The molecule has 0 radical (unpaired) electrons. The largest absolute Gasteiger partial charge is 0.383 e. The second-order valence-corrected chi connectivity index (χ2v) is 4.70. The summed E-state index contributed by atoms with van der Waals surface area (Å²) in [6.45, 7) is 2.57. The molecule has 18 heavy (non-hydrogen) atoms. The van der Waals surface area contributed by atoms with E-state index in [0.29, 0.717) is 12.4 Å². The molecule has 0 saturated carbocycles. The van der Waals surface area contributed by atoms with Crippen LogP contribution in [0.15, 0.2) is 12.5 Å². The Morgan fingerprint density at radius 2 is 2.28 bits per heavy atom. The van der Waals surface area contributed by atoms with Gasteiger partial charge < -0.3 is 20.8 Å². The first-order valence-electron chi connectivity index (χ1n) is 6.14. The Morgan fingerprint density at radius 1 is 1.44 bits per heavy atom. The fourth-order valence-electron chi connectivity index (χ4n) is 2.58. The van der Waals surface area contributed by atoms with Crippen LogP contribution < -0.4 is 11.5 Å². The molecule has 1 fully saturated rings. The number of hydrogen-bond acceptors (Lipinski definition) is 5. The first-order valence-corrected chi connectivity index (χ1v) is 6.14. The van der Waals surface area contributed by atoms with Crippen molar-refractivity contribution >= 4 is 16.9 Å². The van der Waals surface area contributed by atoms with Crippen molar-refractivity contribution in [3.05, 3.63) is 18.1 Å². The molecule has 6 nitrogen and oxygen atoms in total. The lowest BCUT2D eigenvalue weighted by Crippen LogP contribution is -2.20. The second kappa shape index (κ2) is 4.22. The summed E-state index contributed by atoms with van der Waals surface area (Å²) in [7, 11) is 0. The van der Waals surface area contributed by atoms with E-state index in [1.165, 1.54) is 6.33 Å². The van der Waals surface area contributed by atoms with Crippen LogP contribution in [0, 0.1) is 6.92 Å². The van der Waals surface area contributed by atoms with Crippen LogP contribution in [-0.2, 0) is 4.74 Å². The van der Waals surface area contributed by atoms with Crippen LogP contribution >= 0.6 is 0 Å². The van der Waals surface area contributed by atoms with E-state index >= 15 is 0 Å². The SMILES string of the molecule is Cc1cn(C2CCC(CN)O2)c2ncnc(N)c12. The van der Waals surface area contributed by atoms with Gasteiger partial charge in [0.1, 0.15) is 24.0 Å². The van der Waals surface area contributed by atoms with E-state index in [9.17, 15) is 0 Å². The Balaban J connectivity index is 2.06. The summed E-state index contributed by atoms with van der Waals surface area (Å²) in [6, 6.07) is 0. The van der Waals surface area contributed by atoms with Gasteiger partial charge >= 0.3 is 0 Å². The number of aromatic nitrogens is 3. The normalized spacial score (nSPS) is 23.9. The summed E-state index contributed by atoms with van der Waals surface area (Å²) in [5, 5.41) is 0.914. The third-order valence-corrected chi connectivity index (χ3v) is 3.49. The highest BCUT2D eigenvalue weighted by atomic mass is 16.5. The van der Waals surface area contributed by atoms with Crippen molar-refractivity contribution in [2.24, 2.45) is 5.73 Å². The summed E-state index contributed by atoms with van der Waals surface area (Å²) in [4.78, 5) is 8.35. The van der Waals surface area contributed by atoms with Crippen molar-refractivity contribution < 1.29 is 4.74 Å². The molecule has 96 valence electrons. The van der Waals surface area contributed by atoms with Crippen LogP contribution in [0.1, 0.15) is 24.6 Å². The Hall–Kier alpha value is -1.66. The van der Waals surface area contributed by atoms with Gasteiger partial charge in [-0.2, -0.15) is 0 Å². The summed E-state index contributed by atoms with van der Waals surface area (Å²) >= 11 is 0. The van der Waals surface area contributed by atoms with E-state index in [1.807, 2.05) is 17.7 Å². The maximum atomic E-state index is 5.90. The van der Waals surface area contributed by atoms with Crippen molar-refractivity contribution in [3.8, 4) is 0 Å². The predicted octanol–water partition coefficient (Wildman–Crippen LogP) is 0.958. The molecule has 1 aliphatic heterocycles. The van der Waals surface area contributed by atoms with Gasteiger partial charge in [0.15, 0.2) is 0 Å². The lowest BCUT2D eigenvalue weighted by atomic mass is 10.2. The van der Waals surface area contributed by atoms with Gasteiger partial charge in [0.25, 0.3) is 0 Å². The Bertz CT molecular complexity index is 579. The zero-order chi connectivity index (χ0) is 12.7. The monoisotopic (exact) mass is 247 g/mol. The molecular formula is C12H17N5O. The van der Waals surface area contributed by atoms with Crippen LogP contribution in [0.3, 0.4) is 0 Å². The standard InChI is InChI=1S/C12H17N5O/c1-7-5-17(9-3-2-8(4-13)18-9)12-10(7)11(14)15-6-16-12/h5-6,8-9H,2-4,13H2,1H3,(H2,14,15,16). The number of ether oxygens (including phenoxy) is 1. The summed E-state index contributed by atoms with van der Waals surface area (Å²) in [5.74, 6) is 0.518. The van der Waals surface area contributed by atoms with Crippen molar-refractivity contribution in [1.82, 2.24) is 14.5 Å². The molecule has 2 aromatic rings. The van der Waals surface area contributed by atoms with E-state index < -0.39 is 0 Å². The minimum Gasteiger partial charge on any atom is -0.383 e. The Kier molecular flexibility index (Phi) is 2.68. The number of aryl methyl sites for hydroxylation is 1. The lowest BCUT2D eigenvalue weighted by Gasteiger charge is -2.14. The van der Waals surface area contributed by atoms with Crippen molar-refractivity contribution in [1.29, 1.82) is 0 Å². The highest BCUT2D eigenvalue weighted by molar-refractivity contribution is 5.89. The minimum absolute atomic E-state index is 0.00375. The number of rotatable bonds is 2. The highest BCUT2D eigenvalue weighted by Crippen LogP contribution is 2.33. The molecule has 3 heterocycles. The van der Waals surface area contributed by atoms with Gasteiger partial charge in [0, 0.05) is 12.7 Å². The maximum absolute atomic E-state index is 5.90. The second-order valence-electron chi connectivity index (χ2n) is 4.70. The van der Waals surface area contributed by atoms with Crippen LogP contribution in [0.4, 0.5) is 5.82 Å². The molecule has 2 aromatic heterocycles. The molecule has 1 saturated heterocycles. The average Bonchev–Trinajstić information content (AvgIpc) is 2.94.